The highest BCUT2D eigenvalue weighted by molar-refractivity contribution is 6.02. The molecule has 0 unspecified atom stereocenters. The predicted molar refractivity (Wildman–Crippen MR) is 156 cm³/mol. The zero-order valence-corrected chi connectivity index (χ0v) is 24.9. The average Bonchev–Trinajstić information content (AvgIpc) is 3.54. The van der Waals surface area contributed by atoms with Gasteiger partial charge in [0, 0.05) is 24.8 Å². The van der Waals surface area contributed by atoms with Gasteiger partial charge in [0.15, 0.2) is 0 Å². The summed E-state index contributed by atoms with van der Waals surface area (Å²) in [5.41, 5.74) is 1.68. The number of aryl methyl sites for hydroxylation is 2. The molecule has 0 aromatic heterocycles. The topological polar surface area (TPSA) is 91.0 Å². The molecule has 5 rings (SSSR count). The van der Waals surface area contributed by atoms with Gasteiger partial charge in [-0.2, -0.15) is 0 Å². The maximum atomic E-state index is 14.2. The number of fused-ring (bicyclic) bond motifs is 1. The average molecular weight is 551 g/mol. The Bertz CT molecular complexity index is 1160. The predicted octanol–water partition coefficient (Wildman–Crippen LogP) is 3.68. The van der Waals surface area contributed by atoms with Crippen LogP contribution in [0.25, 0.3) is 0 Å². The Kier molecular flexibility index (Phi) is 8.13. The Morgan fingerprint density at radius 1 is 1.07 bits per heavy atom. The number of hydrogen-bond acceptors (Lipinski definition) is 5. The van der Waals surface area contributed by atoms with Crippen molar-refractivity contribution < 1.29 is 19.1 Å². The molecule has 218 valence electrons. The molecule has 1 saturated carbocycles. The van der Waals surface area contributed by atoms with Crippen LogP contribution >= 0.6 is 0 Å². The standard InChI is InChI=1S/C32H46N4O4/c1-7-35(8-2)14-15-36-28(30(38)34-24-11-9-10-21(5)22(24)6)32-13-12-25(40-32)26(27(32)31(36)39)29(37)33-23-17-19(3)16-20(4)18-23/h12-13,16-18,21-22,24-28H,7-11,14-15H2,1-6H3,(H,33,37)(H,34,38)/t21-,22-,24+,25-,26+,27-,28-,32-/m0/s1. The van der Waals surface area contributed by atoms with Gasteiger partial charge in [-0.25, -0.2) is 0 Å². The summed E-state index contributed by atoms with van der Waals surface area (Å²) >= 11 is 0. The van der Waals surface area contributed by atoms with E-state index in [4.69, 9.17) is 4.74 Å². The number of nitrogens with one attached hydrogen (secondary N) is 2. The Labute approximate surface area is 238 Å². The number of anilines is 1. The second-order valence-corrected chi connectivity index (χ2v) is 12.5. The zero-order chi connectivity index (χ0) is 28.8. The fraction of sp³-hybridized carbons (Fsp3) is 0.656. The summed E-state index contributed by atoms with van der Waals surface area (Å²) in [7, 11) is 0. The highest BCUT2D eigenvalue weighted by Crippen LogP contribution is 2.55. The summed E-state index contributed by atoms with van der Waals surface area (Å²) in [5.74, 6) is -1.10. The fourth-order valence-corrected chi connectivity index (χ4v) is 7.62. The van der Waals surface area contributed by atoms with Crippen LogP contribution < -0.4 is 10.6 Å². The third-order valence-electron chi connectivity index (χ3n) is 10.0. The Hall–Kier alpha value is -2.71. The first kappa shape index (κ1) is 28.8. The van der Waals surface area contributed by atoms with Crippen LogP contribution in [0.15, 0.2) is 30.4 Å². The van der Waals surface area contributed by atoms with E-state index in [0.29, 0.717) is 30.6 Å². The first-order valence-electron chi connectivity index (χ1n) is 15.2. The van der Waals surface area contributed by atoms with Crippen LogP contribution in [0.5, 0.6) is 0 Å². The van der Waals surface area contributed by atoms with Gasteiger partial charge in [-0.3, -0.25) is 14.4 Å². The monoisotopic (exact) mass is 550 g/mol. The zero-order valence-electron chi connectivity index (χ0n) is 24.9. The van der Waals surface area contributed by atoms with Crippen molar-refractivity contribution in [3.8, 4) is 0 Å². The van der Waals surface area contributed by atoms with Crippen molar-refractivity contribution in [1.82, 2.24) is 15.1 Å². The molecular weight excluding hydrogens is 504 g/mol. The molecule has 1 aromatic carbocycles. The van der Waals surface area contributed by atoms with Gasteiger partial charge in [-0.1, -0.05) is 58.8 Å². The molecule has 2 N–H and O–H groups in total. The second-order valence-electron chi connectivity index (χ2n) is 12.5. The van der Waals surface area contributed by atoms with Crippen molar-refractivity contribution in [2.45, 2.75) is 84.6 Å². The van der Waals surface area contributed by atoms with E-state index in [1.54, 1.807) is 4.90 Å². The summed E-state index contributed by atoms with van der Waals surface area (Å²) in [5, 5.41) is 6.38. The Morgan fingerprint density at radius 3 is 2.45 bits per heavy atom. The minimum Gasteiger partial charge on any atom is -0.359 e. The number of likely N-dealkylation sites (N-methyl/N-ethyl adjacent to an activating group) is 1. The molecule has 3 fully saturated rings. The van der Waals surface area contributed by atoms with E-state index in [2.05, 4.69) is 49.3 Å². The number of hydrogen-bond donors (Lipinski definition) is 2. The van der Waals surface area contributed by atoms with E-state index in [0.717, 1.165) is 37.1 Å². The third kappa shape index (κ3) is 4.98. The first-order chi connectivity index (χ1) is 19.1. The van der Waals surface area contributed by atoms with Crippen molar-refractivity contribution in [2.24, 2.45) is 23.7 Å². The van der Waals surface area contributed by atoms with Crippen LogP contribution in [0.2, 0.25) is 0 Å². The quantitative estimate of drug-likeness (QED) is 0.458. The lowest BCUT2D eigenvalue weighted by atomic mass is 9.73. The van der Waals surface area contributed by atoms with Crippen LogP contribution in [0, 0.1) is 37.5 Å². The van der Waals surface area contributed by atoms with E-state index in [-0.39, 0.29) is 23.8 Å². The van der Waals surface area contributed by atoms with E-state index < -0.39 is 29.6 Å². The molecule has 2 bridgehead atoms. The van der Waals surface area contributed by atoms with Crippen molar-refractivity contribution in [1.29, 1.82) is 0 Å². The SMILES string of the molecule is CCN(CC)CCN1C(=O)[C@@H]2[C@H](C(=O)Nc3cc(C)cc(C)c3)[C@@H]3C=C[C@@]2(O3)[C@@H]1C(=O)N[C@@H]1CCC[C@H](C)[C@@H]1C. The summed E-state index contributed by atoms with van der Waals surface area (Å²) in [4.78, 5) is 46.0. The van der Waals surface area contributed by atoms with Crippen molar-refractivity contribution in [2.75, 3.05) is 31.5 Å². The largest absolute Gasteiger partial charge is 0.359 e. The molecule has 40 heavy (non-hydrogen) atoms. The molecule has 8 atom stereocenters. The number of ether oxygens (including phenoxy) is 1. The smallest absolute Gasteiger partial charge is 0.246 e. The van der Waals surface area contributed by atoms with E-state index in [9.17, 15) is 14.4 Å². The molecule has 4 aliphatic rings. The van der Waals surface area contributed by atoms with Gasteiger partial charge in [0.1, 0.15) is 11.6 Å². The lowest BCUT2D eigenvalue weighted by molar-refractivity contribution is -0.141. The molecule has 8 heteroatoms. The van der Waals surface area contributed by atoms with Gasteiger partial charge in [-0.05, 0) is 68.5 Å². The molecule has 3 aliphatic heterocycles. The molecule has 1 aliphatic carbocycles. The number of rotatable bonds is 9. The van der Waals surface area contributed by atoms with Gasteiger partial charge < -0.3 is 25.2 Å². The molecular formula is C32H46N4O4. The van der Waals surface area contributed by atoms with E-state index in [1.807, 2.05) is 38.1 Å². The second kappa shape index (κ2) is 11.3. The molecule has 1 aromatic rings. The van der Waals surface area contributed by atoms with Gasteiger partial charge in [0.25, 0.3) is 0 Å². The summed E-state index contributed by atoms with van der Waals surface area (Å²) in [6.07, 6.45) is 6.44. The molecule has 3 heterocycles. The van der Waals surface area contributed by atoms with Gasteiger partial charge in [0.2, 0.25) is 17.7 Å². The lowest BCUT2D eigenvalue weighted by Gasteiger charge is -2.38. The number of carbonyl (C=O) groups excluding carboxylic acids is 3. The van der Waals surface area contributed by atoms with E-state index in [1.165, 1.54) is 6.42 Å². The Morgan fingerprint density at radius 2 is 1.77 bits per heavy atom. The third-order valence-corrected chi connectivity index (χ3v) is 10.0. The number of nitrogens with zero attached hydrogens (tertiary/aromatic N) is 2. The maximum Gasteiger partial charge on any atom is 0.246 e. The normalized spacial score (nSPS) is 34.4. The van der Waals surface area contributed by atoms with Gasteiger partial charge in [0.05, 0.1) is 17.9 Å². The minimum absolute atomic E-state index is 0.0673. The number of carbonyl (C=O) groups is 3. The summed E-state index contributed by atoms with van der Waals surface area (Å²) < 4.78 is 6.52. The van der Waals surface area contributed by atoms with Crippen LogP contribution in [0.3, 0.4) is 0 Å². The van der Waals surface area contributed by atoms with Crippen molar-refractivity contribution >= 4 is 23.4 Å². The molecule has 0 radical (unpaired) electrons. The molecule has 8 nitrogen and oxygen atoms in total. The fourth-order valence-electron chi connectivity index (χ4n) is 7.62. The highest BCUT2D eigenvalue weighted by Gasteiger charge is 2.72. The van der Waals surface area contributed by atoms with Crippen molar-refractivity contribution in [3.63, 3.8) is 0 Å². The van der Waals surface area contributed by atoms with Gasteiger partial charge >= 0.3 is 0 Å². The highest BCUT2D eigenvalue weighted by atomic mass is 16.5. The van der Waals surface area contributed by atoms with E-state index >= 15 is 0 Å². The minimum atomic E-state index is -1.14. The molecule has 2 saturated heterocycles. The van der Waals surface area contributed by atoms with Crippen LogP contribution in [0.1, 0.15) is 58.1 Å². The van der Waals surface area contributed by atoms with Crippen LogP contribution in [-0.4, -0.2) is 77.5 Å². The molecule has 1 spiro atoms. The Balaban J connectivity index is 1.44. The number of likely N-dealkylation sites (tertiary alicyclic amines) is 1. The van der Waals surface area contributed by atoms with Crippen molar-refractivity contribution in [3.05, 3.63) is 41.5 Å². The van der Waals surface area contributed by atoms with Crippen LogP contribution in [0.4, 0.5) is 5.69 Å². The van der Waals surface area contributed by atoms with Gasteiger partial charge in [-0.15, -0.1) is 0 Å². The number of benzene rings is 1. The number of amides is 3. The summed E-state index contributed by atoms with van der Waals surface area (Å²) in [6.45, 7) is 15.4. The summed E-state index contributed by atoms with van der Waals surface area (Å²) in [6, 6.07) is 5.18. The lowest BCUT2D eigenvalue weighted by Crippen LogP contribution is -2.58. The first-order valence-corrected chi connectivity index (χ1v) is 15.2. The van der Waals surface area contributed by atoms with Crippen LogP contribution in [-0.2, 0) is 19.1 Å². The molecule has 3 amide bonds. The maximum absolute atomic E-state index is 14.2.